The Hall–Kier alpha value is -0.850. The van der Waals surface area contributed by atoms with E-state index in [9.17, 15) is 0 Å². The van der Waals surface area contributed by atoms with E-state index in [0.717, 1.165) is 5.57 Å². The third-order valence-electron chi connectivity index (χ3n) is 3.53. The van der Waals surface area contributed by atoms with Gasteiger partial charge in [0.15, 0.2) is 0 Å². The molecule has 0 aromatic carbocycles. The maximum atomic E-state index is 7.88. The molecule has 15 heavy (non-hydrogen) atoms. The molecule has 0 saturated heterocycles. The predicted octanol–water partition coefficient (Wildman–Crippen LogP) is 4.46. The molecule has 0 fully saturated rings. The number of rotatable bonds is 5. The van der Waals surface area contributed by atoms with Crippen LogP contribution in [0.25, 0.3) is 0 Å². The van der Waals surface area contributed by atoms with Crippen LogP contribution in [0.4, 0.5) is 0 Å². The molecular weight excluding hydrogens is 182 g/mol. The average Bonchev–Trinajstić information content (AvgIpc) is 1.99. The normalized spacial score (nSPS) is 15.6. The minimum Gasteiger partial charge on any atom is -0.309 e. The molecule has 0 radical (unpaired) electrons. The lowest BCUT2D eigenvalue weighted by atomic mass is 9.64. The van der Waals surface area contributed by atoms with Gasteiger partial charge in [-0.05, 0) is 32.1 Å². The van der Waals surface area contributed by atoms with Gasteiger partial charge in [0, 0.05) is 11.6 Å². The van der Waals surface area contributed by atoms with Crippen LogP contribution >= 0.6 is 0 Å². The Bertz CT molecular complexity index is 270. The summed E-state index contributed by atoms with van der Waals surface area (Å²) < 4.78 is 0. The third kappa shape index (κ3) is 3.05. The van der Waals surface area contributed by atoms with E-state index in [1.807, 2.05) is 13.8 Å². The monoisotopic (exact) mass is 207 g/mol. The highest BCUT2D eigenvalue weighted by Gasteiger charge is 2.36. The molecule has 0 bridgehead atoms. The van der Waals surface area contributed by atoms with Crippen LogP contribution in [0.3, 0.4) is 0 Å². The second-order valence-corrected chi connectivity index (χ2v) is 5.35. The van der Waals surface area contributed by atoms with Gasteiger partial charge in [0.2, 0.25) is 0 Å². The lowest BCUT2D eigenvalue weighted by Gasteiger charge is -2.40. The summed E-state index contributed by atoms with van der Waals surface area (Å²) in [5.74, 6) is 0.531. The fourth-order valence-corrected chi connectivity index (χ4v) is 2.45. The fraction of sp³-hybridized carbons (Fsp3) is 0.643. The van der Waals surface area contributed by atoms with Gasteiger partial charge >= 0.3 is 0 Å². The van der Waals surface area contributed by atoms with E-state index in [-0.39, 0.29) is 11.3 Å². The van der Waals surface area contributed by atoms with Crippen molar-refractivity contribution in [3.63, 3.8) is 0 Å². The summed E-state index contributed by atoms with van der Waals surface area (Å²) in [5.41, 5.74) is 2.96. The standard InChI is InChI=1S/C14H25N/c1-9(2)11(5)14(7,8)13(10(3)4)12(6)15/h11,13,15H,1,3H2,2,4-8H3. The molecule has 0 aliphatic carbocycles. The maximum absolute atomic E-state index is 7.88. The van der Waals surface area contributed by atoms with Crippen molar-refractivity contribution in [3.8, 4) is 0 Å². The van der Waals surface area contributed by atoms with Gasteiger partial charge in [0.1, 0.15) is 0 Å². The van der Waals surface area contributed by atoms with Crippen molar-refractivity contribution in [1.29, 1.82) is 5.41 Å². The first-order valence-corrected chi connectivity index (χ1v) is 5.48. The van der Waals surface area contributed by atoms with E-state index < -0.39 is 0 Å². The second kappa shape index (κ2) is 4.78. The van der Waals surface area contributed by atoms with Crippen molar-refractivity contribution in [2.24, 2.45) is 17.3 Å². The minimum atomic E-state index is 0.0174. The van der Waals surface area contributed by atoms with Gasteiger partial charge in [-0.2, -0.15) is 0 Å². The van der Waals surface area contributed by atoms with Gasteiger partial charge in [-0.25, -0.2) is 0 Å². The van der Waals surface area contributed by atoms with Crippen molar-refractivity contribution in [2.75, 3.05) is 0 Å². The maximum Gasteiger partial charge on any atom is 0.0224 e. The van der Waals surface area contributed by atoms with Crippen molar-refractivity contribution in [1.82, 2.24) is 0 Å². The average molecular weight is 207 g/mol. The Kier molecular flexibility index (Phi) is 4.51. The predicted molar refractivity (Wildman–Crippen MR) is 69.5 cm³/mol. The van der Waals surface area contributed by atoms with Crippen LogP contribution in [-0.4, -0.2) is 5.71 Å². The quantitative estimate of drug-likeness (QED) is 0.508. The van der Waals surface area contributed by atoms with E-state index >= 15 is 0 Å². The van der Waals surface area contributed by atoms with Crippen LogP contribution in [0.15, 0.2) is 24.3 Å². The minimum absolute atomic E-state index is 0.0174. The number of allylic oxidation sites excluding steroid dienone is 2. The first-order valence-electron chi connectivity index (χ1n) is 5.48. The van der Waals surface area contributed by atoms with E-state index in [1.165, 1.54) is 5.57 Å². The molecule has 86 valence electrons. The topological polar surface area (TPSA) is 23.9 Å². The highest BCUT2D eigenvalue weighted by molar-refractivity contribution is 5.84. The summed E-state index contributed by atoms with van der Waals surface area (Å²) in [5, 5.41) is 7.88. The van der Waals surface area contributed by atoms with Crippen LogP contribution in [0.2, 0.25) is 0 Å². The Labute approximate surface area is 94.8 Å². The highest BCUT2D eigenvalue weighted by atomic mass is 14.5. The third-order valence-corrected chi connectivity index (χ3v) is 3.53. The number of hydrogen-bond donors (Lipinski definition) is 1. The van der Waals surface area contributed by atoms with Crippen LogP contribution in [-0.2, 0) is 0 Å². The van der Waals surface area contributed by atoms with Gasteiger partial charge in [-0.3, -0.25) is 0 Å². The summed E-state index contributed by atoms with van der Waals surface area (Å²) in [6, 6.07) is 0. The Morgan fingerprint density at radius 3 is 1.67 bits per heavy atom. The molecule has 1 heteroatoms. The molecule has 0 aliphatic heterocycles. The van der Waals surface area contributed by atoms with E-state index in [2.05, 4.69) is 40.9 Å². The number of hydrogen-bond acceptors (Lipinski definition) is 1. The molecule has 0 aromatic heterocycles. The molecular formula is C14H25N. The van der Waals surface area contributed by atoms with Crippen molar-refractivity contribution < 1.29 is 0 Å². The molecule has 1 N–H and O–H groups in total. The first-order chi connectivity index (χ1) is 6.62. The van der Waals surface area contributed by atoms with E-state index in [1.54, 1.807) is 0 Å². The van der Waals surface area contributed by atoms with Crippen molar-refractivity contribution in [3.05, 3.63) is 24.3 Å². The van der Waals surface area contributed by atoms with Gasteiger partial charge in [0.05, 0.1) is 0 Å². The summed E-state index contributed by atoms with van der Waals surface area (Å²) in [6.07, 6.45) is 0. The zero-order valence-electron chi connectivity index (χ0n) is 11.1. The fourth-order valence-electron chi connectivity index (χ4n) is 2.45. The van der Waals surface area contributed by atoms with Crippen LogP contribution in [0, 0.1) is 22.7 Å². The lowest BCUT2D eigenvalue weighted by Crippen LogP contribution is -2.36. The van der Waals surface area contributed by atoms with Gasteiger partial charge < -0.3 is 5.41 Å². The molecule has 0 spiro atoms. The van der Waals surface area contributed by atoms with E-state index in [0.29, 0.717) is 11.6 Å². The zero-order chi connectivity index (χ0) is 12.4. The first kappa shape index (κ1) is 14.2. The molecule has 0 heterocycles. The summed E-state index contributed by atoms with van der Waals surface area (Å²) in [7, 11) is 0. The molecule has 1 nitrogen and oxygen atoms in total. The van der Waals surface area contributed by atoms with Crippen molar-refractivity contribution >= 4 is 5.71 Å². The molecule has 0 saturated carbocycles. The zero-order valence-corrected chi connectivity index (χ0v) is 11.1. The van der Waals surface area contributed by atoms with E-state index in [4.69, 9.17) is 5.41 Å². The van der Waals surface area contributed by atoms with Crippen LogP contribution in [0.5, 0.6) is 0 Å². The van der Waals surface area contributed by atoms with Gasteiger partial charge in [-0.15, -0.1) is 0 Å². The molecule has 0 aliphatic rings. The molecule has 0 aromatic rings. The smallest absolute Gasteiger partial charge is 0.0224 e. The summed E-state index contributed by atoms with van der Waals surface area (Å²) >= 11 is 0. The Balaban J connectivity index is 5.20. The lowest BCUT2D eigenvalue weighted by molar-refractivity contribution is 0.221. The van der Waals surface area contributed by atoms with Gasteiger partial charge in [-0.1, -0.05) is 45.1 Å². The Morgan fingerprint density at radius 2 is 1.47 bits per heavy atom. The van der Waals surface area contributed by atoms with Crippen molar-refractivity contribution in [2.45, 2.75) is 41.5 Å². The molecule has 2 unspecified atom stereocenters. The van der Waals surface area contributed by atoms with Gasteiger partial charge in [0.25, 0.3) is 0 Å². The van der Waals surface area contributed by atoms with Crippen LogP contribution in [0.1, 0.15) is 41.5 Å². The largest absolute Gasteiger partial charge is 0.309 e. The number of nitrogens with one attached hydrogen (secondary N) is 1. The molecule has 2 atom stereocenters. The summed E-state index contributed by atoms with van der Waals surface area (Å²) in [4.78, 5) is 0. The Morgan fingerprint density at radius 1 is 1.07 bits per heavy atom. The molecule has 0 amide bonds. The second-order valence-electron chi connectivity index (χ2n) is 5.35. The van der Waals surface area contributed by atoms with Crippen LogP contribution < -0.4 is 0 Å². The molecule has 0 rings (SSSR count). The summed E-state index contributed by atoms with van der Waals surface area (Å²) in [6.45, 7) is 20.5. The SMILES string of the molecule is C=C(C)C(C)C(C)(C)C(C(=C)C)C(C)=N. The highest BCUT2D eigenvalue weighted by Crippen LogP contribution is 2.42.